The highest BCUT2D eigenvalue weighted by Gasteiger charge is 2.36. The highest BCUT2D eigenvalue weighted by molar-refractivity contribution is 4.90. The zero-order valence-electron chi connectivity index (χ0n) is 9.13. The molecule has 0 radical (unpaired) electrons. The Balaban J connectivity index is 2.01. The van der Waals surface area contributed by atoms with E-state index in [0.29, 0.717) is 0 Å². The Kier molecular flexibility index (Phi) is 2.92. The molecule has 3 unspecified atom stereocenters. The molecule has 1 saturated carbocycles. The molecule has 0 N–H and O–H groups in total. The van der Waals surface area contributed by atoms with E-state index in [0.717, 1.165) is 18.0 Å². The van der Waals surface area contributed by atoms with E-state index in [4.69, 9.17) is 0 Å². The normalized spacial score (nSPS) is 37.4. The summed E-state index contributed by atoms with van der Waals surface area (Å²) in [5, 5.41) is 0. The van der Waals surface area contributed by atoms with Gasteiger partial charge in [0.05, 0.1) is 0 Å². The quantitative estimate of drug-likeness (QED) is 0.633. The van der Waals surface area contributed by atoms with Crippen molar-refractivity contribution in [2.75, 3.05) is 6.54 Å². The molecule has 0 aromatic rings. The average Bonchev–Trinajstić information content (AvgIpc) is 2.63. The second-order valence-corrected chi connectivity index (χ2v) is 4.90. The molecule has 0 spiro atoms. The minimum absolute atomic E-state index is 0.825. The van der Waals surface area contributed by atoms with Gasteiger partial charge in [0.2, 0.25) is 0 Å². The van der Waals surface area contributed by atoms with E-state index in [2.05, 4.69) is 18.7 Å². The number of hydrogen-bond acceptors (Lipinski definition) is 1. The number of hydrogen-bond donors (Lipinski definition) is 0. The lowest BCUT2D eigenvalue weighted by molar-refractivity contribution is 0.0731. The van der Waals surface area contributed by atoms with Crippen LogP contribution in [-0.2, 0) is 0 Å². The molecule has 1 saturated heterocycles. The molecule has 2 aliphatic rings. The molecular formula is C12H23N. The van der Waals surface area contributed by atoms with Crippen LogP contribution in [0.25, 0.3) is 0 Å². The highest BCUT2D eigenvalue weighted by Crippen LogP contribution is 2.37. The largest absolute Gasteiger partial charge is 0.297 e. The Labute approximate surface area is 82.5 Å². The Morgan fingerprint density at radius 2 is 2.00 bits per heavy atom. The van der Waals surface area contributed by atoms with E-state index in [1.807, 2.05) is 0 Å². The number of fused-ring (bicyclic) bond motifs is 1. The molecule has 0 amide bonds. The lowest BCUT2D eigenvalue weighted by Gasteiger charge is -2.41. The summed E-state index contributed by atoms with van der Waals surface area (Å²) in [6, 6.07) is 1.79. The first kappa shape index (κ1) is 9.51. The van der Waals surface area contributed by atoms with Gasteiger partial charge in [-0.15, -0.1) is 0 Å². The molecule has 76 valence electrons. The van der Waals surface area contributed by atoms with Crippen molar-refractivity contribution in [2.24, 2.45) is 5.92 Å². The van der Waals surface area contributed by atoms with E-state index in [9.17, 15) is 0 Å². The van der Waals surface area contributed by atoms with Crippen molar-refractivity contribution in [3.05, 3.63) is 0 Å². The van der Waals surface area contributed by atoms with Gasteiger partial charge in [0.25, 0.3) is 0 Å². The Bertz CT molecular complexity index is 167. The molecule has 1 heterocycles. The first-order chi connectivity index (χ1) is 6.33. The van der Waals surface area contributed by atoms with E-state index in [1.165, 1.54) is 45.1 Å². The lowest BCUT2D eigenvalue weighted by Crippen LogP contribution is -2.47. The van der Waals surface area contributed by atoms with Gasteiger partial charge in [-0.1, -0.05) is 13.3 Å². The zero-order chi connectivity index (χ0) is 9.26. The Hall–Kier alpha value is -0.0400. The standard InChI is InChI=1S/C12H23N/c1-3-10(2)13-9-5-7-11-6-4-8-12(11)13/h10-12H,3-9H2,1-2H3. The molecule has 3 atom stereocenters. The van der Waals surface area contributed by atoms with E-state index < -0.39 is 0 Å². The van der Waals surface area contributed by atoms with E-state index in [-0.39, 0.29) is 0 Å². The van der Waals surface area contributed by atoms with Gasteiger partial charge < -0.3 is 0 Å². The van der Waals surface area contributed by atoms with Crippen molar-refractivity contribution in [2.45, 2.75) is 64.5 Å². The Morgan fingerprint density at radius 3 is 2.77 bits per heavy atom. The van der Waals surface area contributed by atoms with Crippen LogP contribution in [0.3, 0.4) is 0 Å². The molecule has 0 aromatic heterocycles. The molecule has 1 heteroatoms. The SMILES string of the molecule is CCC(C)N1CCCC2CCCC21. The summed E-state index contributed by atoms with van der Waals surface area (Å²) in [7, 11) is 0. The summed E-state index contributed by atoms with van der Waals surface area (Å²) in [4.78, 5) is 2.79. The highest BCUT2D eigenvalue weighted by atomic mass is 15.2. The lowest BCUT2D eigenvalue weighted by atomic mass is 9.90. The summed E-state index contributed by atoms with van der Waals surface area (Å²) in [5.74, 6) is 1.06. The summed E-state index contributed by atoms with van der Waals surface area (Å²) >= 11 is 0. The van der Waals surface area contributed by atoms with Crippen LogP contribution in [0.1, 0.15) is 52.4 Å². The molecule has 1 aliphatic heterocycles. The maximum atomic E-state index is 2.79. The zero-order valence-corrected chi connectivity index (χ0v) is 9.13. The smallest absolute Gasteiger partial charge is 0.0126 e. The molecule has 2 rings (SSSR count). The molecule has 0 aromatic carbocycles. The minimum atomic E-state index is 0.825. The topological polar surface area (TPSA) is 3.24 Å². The fourth-order valence-electron chi connectivity index (χ4n) is 3.27. The monoisotopic (exact) mass is 181 g/mol. The molecule has 1 aliphatic carbocycles. The number of nitrogens with zero attached hydrogens (tertiary/aromatic N) is 1. The van der Waals surface area contributed by atoms with Gasteiger partial charge in [0.1, 0.15) is 0 Å². The van der Waals surface area contributed by atoms with Crippen molar-refractivity contribution >= 4 is 0 Å². The number of piperidine rings is 1. The fraction of sp³-hybridized carbons (Fsp3) is 1.00. The van der Waals surface area contributed by atoms with Crippen LogP contribution in [-0.4, -0.2) is 23.5 Å². The van der Waals surface area contributed by atoms with Crippen LogP contribution in [0, 0.1) is 5.92 Å². The van der Waals surface area contributed by atoms with Gasteiger partial charge in [-0.25, -0.2) is 0 Å². The van der Waals surface area contributed by atoms with Gasteiger partial charge in [-0.05, 0) is 51.5 Å². The predicted molar refractivity (Wildman–Crippen MR) is 56.8 cm³/mol. The van der Waals surface area contributed by atoms with Crippen LogP contribution in [0.2, 0.25) is 0 Å². The molecule has 1 nitrogen and oxygen atoms in total. The molecule has 2 fully saturated rings. The van der Waals surface area contributed by atoms with Crippen molar-refractivity contribution < 1.29 is 0 Å². The van der Waals surface area contributed by atoms with Gasteiger partial charge in [0.15, 0.2) is 0 Å². The second kappa shape index (κ2) is 4.00. The van der Waals surface area contributed by atoms with Crippen LogP contribution < -0.4 is 0 Å². The summed E-state index contributed by atoms with van der Waals surface area (Å²) in [5.41, 5.74) is 0. The third-order valence-corrected chi connectivity index (χ3v) is 4.19. The molecule has 13 heavy (non-hydrogen) atoms. The van der Waals surface area contributed by atoms with Crippen LogP contribution in [0.4, 0.5) is 0 Å². The van der Waals surface area contributed by atoms with E-state index in [1.54, 1.807) is 0 Å². The first-order valence-corrected chi connectivity index (χ1v) is 6.08. The van der Waals surface area contributed by atoms with Crippen molar-refractivity contribution in [1.82, 2.24) is 4.90 Å². The minimum Gasteiger partial charge on any atom is -0.297 e. The number of likely N-dealkylation sites (tertiary alicyclic amines) is 1. The Morgan fingerprint density at radius 1 is 1.23 bits per heavy atom. The van der Waals surface area contributed by atoms with Gasteiger partial charge in [-0.3, -0.25) is 4.90 Å². The summed E-state index contributed by atoms with van der Waals surface area (Å²) in [6.45, 7) is 6.10. The molecule has 0 bridgehead atoms. The predicted octanol–water partition coefficient (Wildman–Crippen LogP) is 3.05. The fourth-order valence-corrected chi connectivity index (χ4v) is 3.27. The molecular weight excluding hydrogens is 158 g/mol. The average molecular weight is 181 g/mol. The van der Waals surface area contributed by atoms with Crippen LogP contribution in [0.5, 0.6) is 0 Å². The third-order valence-electron chi connectivity index (χ3n) is 4.19. The third kappa shape index (κ3) is 1.76. The van der Waals surface area contributed by atoms with Crippen molar-refractivity contribution in [1.29, 1.82) is 0 Å². The van der Waals surface area contributed by atoms with Crippen LogP contribution >= 0.6 is 0 Å². The maximum Gasteiger partial charge on any atom is 0.0126 e. The van der Waals surface area contributed by atoms with E-state index >= 15 is 0 Å². The van der Waals surface area contributed by atoms with Crippen LogP contribution in [0.15, 0.2) is 0 Å². The van der Waals surface area contributed by atoms with Gasteiger partial charge >= 0.3 is 0 Å². The van der Waals surface area contributed by atoms with Gasteiger partial charge in [-0.2, -0.15) is 0 Å². The van der Waals surface area contributed by atoms with Crippen molar-refractivity contribution in [3.63, 3.8) is 0 Å². The van der Waals surface area contributed by atoms with Crippen molar-refractivity contribution in [3.8, 4) is 0 Å². The number of rotatable bonds is 2. The summed E-state index contributed by atoms with van der Waals surface area (Å²) < 4.78 is 0. The maximum absolute atomic E-state index is 2.79. The summed E-state index contributed by atoms with van der Waals surface area (Å²) in [6.07, 6.45) is 8.77. The van der Waals surface area contributed by atoms with Gasteiger partial charge in [0, 0.05) is 12.1 Å². The first-order valence-electron chi connectivity index (χ1n) is 6.08. The second-order valence-electron chi connectivity index (χ2n) is 4.90.